The van der Waals surface area contributed by atoms with Crippen molar-refractivity contribution in [2.75, 3.05) is 12.4 Å². The average molecular weight is 519 g/mol. The fraction of sp³-hybridized carbons (Fsp3) is 0.367. The number of nitrogens with zero attached hydrogens (tertiary/aromatic N) is 1. The molecule has 0 unspecified atom stereocenters. The molecule has 1 saturated carbocycles. The maximum absolute atomic E-state index is 15.3. The average Bonchev–Trinajstić information content (AvgIpc) is 2.91. The van der Waals surface area contributed by atoms with Crippen molar-refractivity contribution in [3.05, 3.63) is 77.2 Å². The van der Waals surface area contributed by atoms with Gasteiger partial charge in [0.05, 0.1) is 18.4 Å². The van der Waals surface area contributed by atoms with Crippen molar-refractivity contribution in [3.8, 4) is 17.0 Å². The highest BCUT2D eigenvalue weighted by Crippen LogP contribution is 2.33. The summed E-state index contributed by atoms with van der Waals surface area (Å²) in [6.45, 7) is 4.16. The molecule has 0 atom stereocenters. The molecule has 1 aliphatic carbocycles. The van der Waals surface area contributed by atoms with E-state index in [2.05, 4.69) is 15.6 Å². The molecule has 1 aliphatic rings. The number of nitrogens with one attached hydrogen (secondary N) is 3. The summed E-state index contributed by atoms with van der Waals surface area (Å²) in [6, 6.07) is 13.7. The molecule has 2 aromatic carbocycles. The Labute approximate surface area is 223 Å². The lowest BCUT2D eigenvalue weighted by Gasteiger charge is -2.36. The van der Waals surface area contributed by atoms with E-state index in [1.54, 1.807) is 25.4 Å². The minimum absolute atomic E-state index is 0.00322. The first kappa shape index (κ1) is 27.3. The smallest absolute Gasteiger partial charge is 0.251 e. The maximum atomic E-state index is 15.3. The number of halogens is 1. The van der Waals surface area contributed by atoms with Crippen molar-refractivity contribution in [2.24, 2.45) is 5.92 Å². The van der Waals surface area contributed by atoms with E-state index in [1.807, 2.05) is 38.1 Å². The standard InChI is InChI=1S/C30H35FN4O3/c1-30(2,37)21-7-9-22(10-8-21)35-29(36)20-6-13-24(26(31)16-20)28-25(17-32)27(14-15-33-28)34-18-19-4-11-23(38-3)12-5-19/h4-6,11-17,21-22,32,37H,7-10,18H2,1-3H3,(H,33,34)(H,35,36). The zero-order valence-corrected chi connectivity index (χ0v) is 22.1. The molecule has 1 fully saturated rings. The molecule has 3 aromatic rings. The molecule has 4 N–H and O–H groups in total. The number of aliphatic hydroxyl groups is 1. The molecule has 200 valence electrons. The number of methoxy groups -OCH3 is 1. The number of pyridine rings is 1. The van der Waals surface area contributed by atoms with Crippen LogP contribution >= 0.6 is 0 Å². The molecule has 1 heterocycles. The monoisotopic (exact) mass is 518 g/mol. The summed E-state index contributed by atoms with van der Waals surface area (Å²) in [5.41, 5.74) is 2.20. The Morgan fingerprint density at radius 1 is 1.16 bits per heavy atom. The van der Waals surface area contributed by atoms with Crippen LogP contribution in [0.2, 0.25) is 0 Å². The van der Waals surface area contributed by atoms with E-state index in [-0.39, 0.29) is 29.0 Å². The van der Waals surface area contributed by atoms with E-state index >= 15 is 4.39 Å². The van der Waals surface area contributed by atoms with Gasteiger partial charge in [-0.3, -0.25) is 9.78 Å². The van der Waals surface area contributed by atoms with Gasteiger partial charge in [0.2, 0.25) is 0 Å². The number of rotatable bonds is 9. The highest BCUT2D eigenvalue weighted by molar-refractivity contribution is 5.97. The number of ether oxygens (including phenoxy) is 1. The Morgan fingerprint density at radius 2 is 1.87 bits per heavy atom. The molecule has 0 saturated heterocycles. The lowest BCUT2D eigenvalue weighted by atomic mass is 9.77. The van der Waals surface area contributed by atoms with Crippen molar-refractivity contribution < 1.29 is 19.0 Å². The first-order valence-corrected chi connectivity index (χ1v) is 12.9. The van der Waals surface area contributed by atoms with Crippen LogP contribution in [0.1, 0.15) is 61.0 Å². The van der Waals surface area contributed by atoms with Gasteiger partial charge < -0.3 is 25.9 Å². The predicted octanol–water partition coefficient (Wildman–Crippen LogP) is 5.57. The first-order chi connectivity index (χ1) is 18.2. The topological polar surface area (TPSA) is 107 Å². The third-order valence-corrected chi connectivity index (χ3v) is 7.32. The SMILES string of the molecule is COc1ccc(CNc2ccnc(-c3ccc(C(=O)NC4CCC(C(C)(C)O)CC4)cc3F)c2C=N)cc1. The van der Waals surface area contributed by atoms with Crippen LogP contribution in [-0.2, 0) is 6.54 Å². The molecule has 1 aromatic heterocycles. The van der Waals surface area contributed by atoms with Gasteiger partial charge in [0.1, 0.15) is 11.6 Å². The summed E-state index contributed by atoms with van der Waals surface area (Å²) in [7, 11) is 1.62. The zero-order valence-electron chi connectivity index (χ0n) is 22.1. The van der Waals surface area contributed by atoms with Gasteiger partial charge >= 0.3 is 0 Å². The van der Waals surface area contributed by atoms with Crippen LogP contribution in [0.15, 0.2) is 54.7 Å². The number of hydrogen-bond acceptors (Lipinski definition) is 6. The van der Waals surface area contributed by atoms with E-state index in [0.717, 1.165) is 43.2 Å². The van der Waals surface area contributed by atoms with Crippen LogP contribution in [0.25, 0.3) is 11.3 Å². The van der Waals surface area contributed by atoms with Crippen LogP contribution in [0, 0.1) is 17.1 Å². The molecule has 1 amide bonds. The quantitative estimate of drug-likeness (QED) is 0.277. The van der Waals surface area contributed by atoms with Crippen molar-refractivity contribution in [1.82, 2.24) is 10.3 Å². The van der Waals surface area contributed by atoms with Gasteiger partial charge in [-0.15, -0.1) is 0 Å². The fourth-order valence-corrected chi connectivity index (χ4v) is 4.99. The van der Waals surface area contributed by atoms with E-state index in [9.17, 15) is 9.90 Å². The molecule has 8 heteroatoms. The van der Waals surface area contributed by atoms with Crippen molar-refractivity contribution >= 4 is 17.8 Å². The Morgan fingerprint density at radius 3 is 2.47 bits per heavy atom. The summed E-state index contributed by atoms with van der Waals surface area (Å²) in [5.74, 6) is 0.0822. The number of carbonyl (C=O) groups excluding carboxylic acids is 1. The molecule has 38 heavy (non-hydrogen) atoms. The van der Waals surface area contributed by atoms with Crippen LogP contribution in [0.5, 0.6) is 5.75 Å². The number of aromatic nitrogens is 1. The molecule has 0 bridgehead atoms. The summed E-state index contributed by atoms with van der Waals surface area (Å²) >= 11 is 0. The second kappa shape index (κ2) is 11.7. The molecule has 7 nitrogen and oxygen atoms in total. The molecular formula is C30H35FN4O3. The van der Waals surface area contributed by atoms with Gasteiger partial charge in [-0.25, -0.2) is 4.39 Å². The third kappa shape index (κ3) is 6.37. The fourth-order valence-electron chi connectivity index (χ4n) is 4.99. The number of hydrogen-bond donors (Lipinski definition) is 4. The Bertz CT molecular complexity index is 1280. The first-order valence-electron chi connectivity index (χ1n) is 12.9. The Kier molecular flexibility index (Phi) is 8.42. The van der Waals surface area contributed by atoms with Gasteiger partial charge in [0, 0.05) is 47.4 Å². The second-order valence-electron chi connectivity index (χ2n) is 10.3. The van der Waals surface area contributed by atoms with Crippen LogP contribution in [0.3, 0.4) is 0 Å². The minimum atomic E-state index is -0.722. The summed E-state index contributed by atoms with van der Waals surface area (Å²) < 4.78 is 20.5. The maximum Gasteiger partial charge on any atom is 0.251 e. The summed E-state index contributed by atoms with van der Waals surface area (Å²) in [5, 5.41) is 24.5. The van der Waals surface area contributed by atoms with Crippen LogP contribution in [0.4, 0.5) is 10.1 Å². The number of benzene rings is 2. The van der Waals surface area contributed by atoms with Crippen molar-refractivity contribution in [3.63, 3.8) is 0 Å². The molecule has 0 radical (unpaired) electrons. The van der Waals surface area contributed by atoms with Gasteiger partial charge in [-0.05, 0) is 87.4 Å². The highest BCUT2D eigenvalue weighted by atomic mass is 19.1. The van der Waals surface area contributed by atoms with Gasteiger partial charge in [0.25, 0.3) is 5.91 Å². The number of amides is 1. The lowest BCUT2D eigenvalue weighted by molar-refractivity contribution is -0.00257. The van der Waals surface area contributed by atoms with E-state index in [4.69, 9.17) is 10.1 Å². The van der Waals surface area contributed by atoms with E-state index in [1.165, 1.54) is 12.1 Å². The van der Waals surface area contributed by atoms with Crippen molar-refractivity contribution in [1.29, 1.82) is 5.41 Å². The largest absolute Gasteiger partial charge is 0.497 e. The van der Waals surface area contributed by atoms with Crippen molar-refractivity contribution in [2.45, 2.75) is 57.7 Å². The van der Waals surface area contributed by atoms with E-state index < -0.39 is 11.4 Å². The normalized spacial score (nSPS) is 17.5. The minimum Gasteiger partial charge on any atom is -0.497 e. The summed E-state index contributed by atoms with van der Waals surface area (Å²) in [4.78, 5) is 17.2. The number of anilines is 1. The van der Waals surface area contributed by atoms with Gasteiger partial charge in [-0.1, -0.05) is 12.1 Å². The van der Waals surface area contributed by atoms with Gasteiger partial charge in [-0.2, -0.15) is 0 Å². The molecule has 0 aliphatic heterocycles. The third-order valence-electron chi connectivity index (χ3n) is 7.32. The van der Waals surface area contributed by atoms with E-state index in [0.29, 0.717) is 23.5 Å². The van der Waals surface area contributed by atoms with Gasteiger partial charge in [0.15, 0.2) is 0 Å². The van der Waals surface area contributed by atoms with Crippen LogP contribution < -0.4 is 15.4 Å². The molecule has 4 rings (SSSR count). The number of carbonyl (C=O) groups is 1. The summed E-state index contributed by atoms with van der Waals surface area (Å²) in [6.07, 6.45) is 5.96. The zero-order chi connectivity index (χ0) is 27.3. The molecule has 0 spiro atoms. The van der Waals surface area contributed by atoms with Crippen LogP contribution in [-0.4, -0.2) is 41.0 Å². The Hall–Kier alpha value is -3.78. The highest BCUT2D eigenvalue weighted by Gasteiger charge is 2.32. The Balaban J connectivity index is 1.46. The predicted molar refractivity (Wildman–Crippen MR) is 147 cm³/mol. The lowest BCUT2D eigenvalue weighted by Crippen LogP contribution is -2.41. The second-order valence-corrected chi connectivity index (χ2v) is 10.3. The molecular weight excluding hydrogens is 483 g/mol.